The van der Waals surface area contributed by atoms with E-state index in [0.29, 0.717) is 10.2 Å². The molecule has 69 valence electrons. The Kier molecular flexibility index (Phi) is 2.71. The minimum atomic E-state index is 0.453. The molecule has 1 heterocycles. The monoisotopic (exact) mass is 222 g/mol. The van der Waals surface area contributed by atoms with Crippen LogP contribution in [0.15, 0.2) is 36.5 Å². The van der Waals surface area contributed by atoms with E-state index in [1.54, 1.807) is 12.3 Å². The normalized spacial score (nSPS) is 10.1. The Bertz CT molecular complexity index is 411. The Hall–Kier alpha value is -1.05. The van der Waals surface area contributed by atoms with E-state index in [1.165, 1.54) is 0 Å². The van der Waals surface area contributed by atoms with Gasteiger partial charge < -0.3 is 0 Å². The molecule has 1 radical (unpaired) electrons. The van der Waals surface area contributed by atoms with Crippen LogP contribution < -0.4 is 0 Å². The molecule has 0 unspecified atom stereocenters. The highest BCUT2D eigenvalue weighted by molar-refractivity contribution is 6.35. The zero-order chi connectivity index (χ0) is 9.97. The van der Waals surface area contributed by atoms with Gasteiger partial charge in [-0.05, 0) is 12.1 Å². The SMILES string of the molecule is Clc1[c]cccc1-c1cccnc1Cl. The summed E-state index contributed by atoms with van der Waals surface area (Å²) in [6.45, 7) is 0. The van der Waals surface area contributed by atoms with Crippen molar-refractivity contribution in [2.45, 2.75) is 0 Å². The van der Waals surface area contributed by atoms with Crippen molar-refractivity contribution >= 4 is 23.2 Å². The first kappa shape index (κ1) is 9.50. The Morgan fingerprint density at radius 2 is 1.86 bits per heavy atom. The minimum absolute atomic E-state index is 0.453. The second kappa shape index (κ2) is 3.99. The highest BCUT2D eigenvalue weighted by Crippen LogP contribution is 2.30. The van der Waals surface area contributed by atoms with Crippen molar-refractivity contribution in [3.63, 3.8) is 0 Å². The van der Waals surface area contributed by atoms with Crippen LogP contribution in [0.4, 0.5) is 0 Å². The molecular weight excluding hydrogens is 217 g/mol. The smallest absolute Gasteiger partial charge is 0.136 e. The molecule has 2 rings (SSSR count). The predicted octanol–water partition coefficient (Wildman–Crippen LogP) is 3.86. The summed E-state index contributed by atoms with van der Waals surface area (Å²) in [5.74, 6) is 0. The predicted molar refractivity (Wildman–Crippen MR) is 58.5 cm³/mol. The van der Waals surface area contributed by atoms with Crippen LogP contribution in [0.2, 0.25) is 10.2 Å². The van der Waals surface area contributed by atoms with Gasteiger partial charge in [0.1, 0.15) is 5.15 Å². The maximum atomic E-state index is 5.99. The summed E-state index contributed by atoms with van der Waals surface area (Å²) in [5.41, 5.74) is 1.68. The van der Waals surface area contributed by atoms with Gasteiger partial charge in [-0.2, -0.15) is 0 Å². The zero-order valence-corrected chi connectivity index (χ0v) is 8.68. The topological polar surface area (TPSA) is 12.9 Å². The first-order chi connectivity index (χ1) is 6.79. The molecule has 1 nitrogen and oxygen atoms in total. The van der Waals surface area contributed by atoms with Crippen molar-refractivity contribution in [1.29, 1.82) is 0 Å². The number of benzene rings is 1. The summed E-state index contributed by atoms with van der Waals surface area (Å²) >= 11 is 11.9. The van der Waals surface area contributed by atoms with E-state index in [-0.39, 0.29) is 0 Å². The molecule has 0 amide bonds. The van der Waals surface area contributed by atoms with Crippen LogP contribution in [-0.4, -0.2) is 4.98 Å². The second-order valence-corrected chi connectivity index (χ2v) is 3.48. The molecule has 14 heavy (non-hydrogen) atoms. The average molecular weight is 223 g/mol. The lowest BCUT2D eigenvalue weighted by atomic mass is 10.1. The molecule has 0 bridgehead atoms. The molecule has 3 heteroatoms. The van der Waals surface area contributed by atoms with Crippen molar-refractivity contribution in [3.8, 4) is 11.1 Å². The molecule has 0 fully saturated rings. The number of hydrogen-bond donors (Lipinski definition) is 0. The summed E-state index contributed by atoms with van der Waals surface area (Å²) in [5, 5.41) is 1.01. The number of aromatic nitrogens is 1. The Balaban J connectivity index is 2.61. The van der Waals surface area contributed by atoms with Crippen LogP contribution in [-0.2, 0) is 0 Å². The fraction of sp³-hybridized carbons (Fsp3) is 0. The van der Waals surface area contributed by atoms with Gasteiger partial charge in [0.05, 0.1) is 5.02 Å². The third kappa shape index (κ3) is 1.74. The van der Waals surface area contributed by atoms with Gasteiger partial charge in [0.25, 0.3) is 0 Å². The van der Waals surface area contributed by atoms with Crippen molar-refractivity contribution in [2.75, 3.05) is 0 Å². The molecule has 0 aliphatic rings. The quantitative estimate of drug-likeness (QED) is 0.669. The van der Waals surface area contributed by atoms with Gasteiger partial charge in [-0.1, -0.05) is 41.4 Å². The van der Waals surface area contributed by atoms with Gasteiger partial charge in [0, 0.05) is 23.4 Å². The number of pyridine rings is 1. The number of rotatable bonds is 1. The number of hydrogen-bond acceptors (Lipinski definition) is 1. The molecule has 0 saturated carbocycles. The fourth-order valence-corrected chi connectivity index (χ4v) is 1.66. The lowest BCUT2D eigenvalue weighted by Gasteiger charge is -2.04. The van der Waals surface area contributed by atoms with Gasteiger partial charge in [-0.15, -0.1) is 0 Å². The van der Waals surface area contributed by atoms with E-state index < -0.39 is 0 Å². The van der Waals surface area contributed by atoms with Gasteiger partial charge in [0.15, 0.2) is 0 Å². The summed E-state index contributed by atoms with van der Waals surface area (Å²) in [6, 6.07) is 12.1. The van der Waals surface area contributed by atoms with E-state index in [2.05, 4.69) is 11.1 Å². The van der Waals surface area contributed by atoms with Gasteiger partial charge >= 0.3 is 0 Å². The summed E-state index contributed by atoms with van der Waals surface area (Å²) in [7, 11) is 0. The van der Waals surface area contributed by atoms with E-state index >= 15 is 0 Å². The van der Waals surface area contributed by atoms with Crippen LogP contribution in [0, 0.1) is 6.07 Å². The average Bonchev–Trinajstić information content (AvgIpc) is 2.20. The number of nitrogens with zero attached hydrogens (tertiary/aromatic N) is 1. The first-order valence-corrected chi connectivity index (χ1v) is 4.82. The van der Waals surface area contributed by atoms with Crippen molar-refractivity contribution in [1.82, 2.24) is 4.98 Å². The molecule has 0 saturated heterocycles. The highest BCUT2D eigenvalue weighted by Gasteiger charge is 2.06. The number of halogens is 2. The highest BCUT2D eigenvalue weighted by atomic mass is 35.5. The summed E-state index contributed by atoms with van der Waals surface area (Å²) in [4.78, 5) is 3.99. The molecule has 1 aromatic heterocycles. The van der Waals surface area contributed by atoms with Crippen LogP contribution in [0.25, 0.3) is 11.1 Å². The largest absolute Gasteiger partial charge is 0.244 e. The first-order valence-electron chi connectivity index (χ1n) is 4.06. The lowest BCUT2D eigenvalue weighted by molar-refractivity contribution is 1.33. The maximum Gasteiger partial charge on any atom is 0.136 e. The Labute approximate surface area is 92.3 Å². The molecule has 0 N–H and O–H groups in total. The third-order valence-electron chi connectivity index (χ3n) is 1.85. The standard InChI is InChI=1S/C11H6Cl2N/c12-10-6-2-1-4-8(10)9-5-3-7-14-11(9)13/h1-5,7H. The van der Waals surface area contributed by atoms with Crippen LogP contribution >= 0.6 is 23.2 Å². The van der Waals surface area contributed by atoms with E-state index in [0.717, 1.165) is 11.1 Å². The summed E-state index contributed by atoms with van der Waals surface area (Å²) < 4.78 is 0. The molecule has 2 aromatic rings. The van der Waals surface area contributed by atoms with Crippen molar-refractivity contribution in [3.05, 3.63) is 52.8 Å². The zero-order valence-electron chi connectivity index (χ0n) is 7.17. The Morgan fingerprint density at radius 1 is 1.07 bits per heavy atom. The van der Waals surface area contributed by atoms with E-state index in [1.807, 2.05) is 24.3 Å². The van der Waals surface area contributed by atoms with Crippen molar-refractivity contribution < 1.29 is 0 Å². The molecule has 1 aromatic carbocycles. The molecule has 0 aliphatic heterocycles. The minimum Gasteiger partial charge on any atom is -0.244 e. The van der Waals surface area contributed by atoms with Gasteiger partial charge in [0.2, 0.25) is 0 Å². The van der Waals surface area contributed by atoms with Crippen LogP contribution in [0.5, 0.6) is 0 Å². The molecule has 0 spiro atoms. The Morgan fingerprint density at radius 3 is 2.57 bits per heavy atom. The van der Waals surface area contributed by atoms with Crippen molar-refractivity contribution in [2.24, 2.45) is 0 Å². The van der Waals surface area contributed by atoms with E-state index in [4.69, 9.17) is 23.2 Å². The van der Waals surface area contributed by atoms with Crippen LogP contribution in [0.1, 0.15) is 0 Å². The molecular formula is C11H6Cl2N. The maximum absolute atomic E-state index is 5.99. The molecule has 0 aliphatic carbocycles. The fourth-order valence-electron chi connectivity index (χ4n) is 1.21. The molecule has 0 atom stereocenters. The second-order valence-electron chi connectivity index (χ2n) is 2.74. The third-order valence-corrected chi connectivity index (χ3v) is 2.47. The van der Waals surface area contributed by atoms with E-state index in [9.17, 15) is 0 Å². The van der Waals surface area contributed by atoms with Gasteiger partial charge in [-0.25, -0.2) is 4.98 Å². The lowest BCUT2D eigenvalue weighted by Crippen LogP contribution is -1.83. The van der Waals surface area contributed by atoms with Crippen LogP contribution in [0.3, 0.4) is 0 Å². The summed E-state index contributed by atoms with van der Waals surface area (Å²) in [6.07, 6.45) is 1.65. The van der Waals surface area contributed by atoms with Gasteiger partial charge in [-0.3, -0.25) is 0 Å².